The topological polar surface area (TPSA) is 42.2 Å². The Labute approximate surface area is 98.4 Å². The highest BCUT2D eigenvalue weighted by molar-refractivity contribution is 5.48. The Bertz CT molecular complexity index is 363. The standard InChI is InChI=1S/C11H16F3N3/c1-3-17(7-11(12,13)14)10-9(8(2)15)5-4-6-16-10/h4-6,8H,3,7,15H2,1-2H3/t8-/m1/s1. The Balaban J connectivity index is 3.03. The molecule has 0 saturated carbocycles. The van der Waals surface area contributed by atoms with E-state index in [1.807, 2.05) is 0 Å². The van der Waals surface area contributed by atoms with Gasteiger partial charge in [0.05, 0.1) is 0 Å². The molecule has 0 fully saturated rings. The third kappa shape index (κ3) is 3.89. The molecule has 96 valence electrons. The second-order valence-corrected chi connectivity index (χ2v) is 3.83. The number of anilines is 1. The van der Waals surface area contributed by atoms with E-state index in [9.17, 15) is 13.2 Å². The van der Waals surface area contributed by atoms with Crippen molar-refractivity contribution >= 4 is 5.82 Å². The molecule has 0 saturated heterocycles. The smallest absolute Gasteiger partial charge is 0.348 e. The van der Waals surface area contributed by atoms with Gasteiger partial charge in [0.2, 0.25) is 0 Å². The Morgan fingerprint density at radius 3 is 2.59 bits per heavy atom. The molecule has 1 atom stereocenters. The van der Waals surface area contributed by atoms with Crippen LogP contribution in [0, 0.1) is 0 Å². The van der Waals surface area contributed by atoms with E-state index < -0.39 is 12.7 Å². The molecule has 3 nitrogen and oxygen atoms in total. The lowest BCUT2D eigenvalue weighted by molar-refractivity contribution is -0.119. The SMILES string of the molecule is CCN(CC(F)(F)F)c1ncccc1[C@@H](C)N. The molecule has 0 unspecified atom stereocenters. The average Bonchev–Trinajstić information content (AvgIpc) is 2.24. The summed E-state index contributed by atoms with van der Waals surface area (Å²) in [5, 5.41) is 0. The lowest BCUT2D eigenvalue weighted by Crippen LogP contribution is -2.35. The van der Waals surface area contributed by atoms with E-state index in [4.69, 9.17) is 5.73 Å². The zero-order valence-corrected chi connectivity index (χ0v) is 9.83. The van der Waals surface area contributed by atoms with Crippen molar-refractivity contribution in [3.8, 4) is 0 Å². The number of halogens is 3. The molecule has 1 aromatic heterocycles. The van der Waals surface area contributed by atoms with Crippen molar-refractivity contribution in [1.29, 1.82) is 0 Å². The number of hydrogen-bond donors (Lipinski definition) is 1. The van der Waals surface area contributed by atoms with Crippen molar-refractivity contribution in [3.63, 3.8) is 0 Å². The summed E-state index contributed by atoms with van der Waals surface area (Å²) in [6.45, 7) is 2.60. The van der Waals surface area contributed by atoms with Crippen LogP contribution in [0.2, 0.25) is 0 Å². The lowest BCUT2D eigenvalue weighted by Gasteiger charge is -2.26. The summed E-state index contributed by atoms with van der Waals surface area (Å²) < 4.78 is 37.2. The van der Waals surface area contributed by atoms with E-state index in [2.05, 4.69) is 4.98 Å². The second-order valence-electron chi connectivity index (χ2n) is 3.83. The summed E-state index contributed by atoms with van der Waals surface area (Å²) in [7, 11) is 0. The van der Waals surface area contributed by atoms with Crippen molar-refractivity contribution in [2.45, 2.75) is 26.1 Å². The number of rotatable bonds is 4. The summed E-state index contributed by atoms with van der Waals surface area (Å²) in [4.78, 5) is 5.18. The third-order valence-corrected chi connectivity index (χ3v) is 2.36. The van der Waals surface area contributed by atoms with Crippen LogP contribution >= 0.6 is 0 Å². The average molecular weight is 247 g/mol. The van der Waals surface area contributed by atoms with Crippen LogP contribution in [-0.2, 0) is 0 Å². The largest absolute Gasteiger partial charge is 0.405 e. The highest BCUT2D eigenvalue weighted by Gasteiger charge is 2.31. The molecule has 17 heavy (non-hydrogen) atoms. The fraction of sp³-hybridized carbons (Fsp3) is 0.545. The fourth-order valence-electron chi connectivity index (χ4n) is 1.58. The maximum Gasteiger partial charge on any atom is 0.405 e. The maximum absolute atomic E-state index is 12.4. The van der Waals surface area contributed by atoms with E-state index in [1.165, 1.54) is 11.1 Å². The van der Waals surface area contributed by atoms with Gasteiger partial charge in [0.1, 0.15) is 12.4 Å². The lowest BCUT2D eigenvalue weighted by atomic mass is 10.1. The summed E-state index contributed by atoms with van der Waals surface area (Å²) >= 11 is 0. The minimum atomic E-state index is -4.25. The first-order valence-corrected chi connectivity index (χ1v) is 5.37. The van der Waals surface area contributed by atoms with Crippen LogP contribution in [0.5, 0.6) is 0 Å². The van der Waals surface area contributed by atoms with E-state index in [0.29, 0.717) is 11.4 Å². The van der Waals surface area contributed by atoms with Gasteiger partial charge in [0.25, 0.3) is 0 Å². The highest BCUT2D eigenvalue weighted by Crippen LogP contribution is 2.25. The molecule has 0 aromatic carbocycles. The number of alkyl halides is 3. The van der Waals surface area contributed by atoms with Crippen molar-refractivity contribution in [2.24, 2.45) is 5.73 Å². The maximum atomic E-state index is 12.4. The normalized spacial score (nSPS) is 13.5. The monoisotopic (exact) mass is 247 g/mol. The van der Waals surface area contributed by atoms with E-state index in [-0.39, 0.29) is 12.6 Å². The van der Waals surface area contributed by atoms with Crippen LogP contribution in [0.1, 0.15) is 25.5 Å². The number of pyridine rings is 1. The molecule has 0 bridgehead atoms. The van der Waals surface area contributed by atoms with Gasteiger partial charge in [0, 0.05) is 24.3 Å². The predicted octanol–water partition coefficient (Wildman–Crippen LogP) is 2.49. The van der Waals surface area contributed by atoms with Crippen LogP contribution in [0.15, 0.2) is 18.3 Å². The predicted molar refractivity (Wildman–Crippen MR) is 60.8 cm³/mol. The number of aromatic nitrogens is 1. The molecule has 0 amide bonds. The van der Waals surface area contributed by atoms with Gasteiger partial charge < -0.3 is 10.6 Å². The third-order valence-electron chi connectivity index (χ3n) is 2.36. The Kier molecular flexibility index (Phi) is 4.34. The molecule has 6 heteroatoms. The van der Waals surface area contributed by atoms with Gasteiger partial charge in [0.15, 0.2) is 0 Å². The molecule has 0 radical (unpaired) electrons. The van der Waals surface area contributed by atoms with Crippen molar-refractivity contribution in [2.75, 3.05) is 18.0 Å². The molecule has 1 rings (SSSR count). The van der Waals surface area contributed by atoms with E-state index >= 15 is 0 Å². The first kappa shape index (κ1) is 13.8. The molecule has 1 heterocycles. The van der Waals surface area contributed by atoms with Gasteiger partial charge in [-0.2, -0.15) is 13.2 Å². The Morgan fingerprint density at radius 2 is 2.12 bits per heavy atom. The number of nitrogens with two attached hydrogens (primary N) is 1. The van der Waals surface area contributed by atoms with Crippen LogP contribution in [0.3, 0.4) is 0 Å². The van der Waals surface area contributed by atoms with E-state index in [1.54, 1.807) is 26.0 Å². The summed E-state index contributed by atoms with van der Waals surface area (Å²) in [5.41, 5.74) is 6.35. The van der Waals surface area contributed by atoms with Gasteiger partial charge in [-0.15, -0.1) is 0 Å². The molecular formula is C11H16F3N3. The molecule has 0 aliphatic rings. The first-order chi connectivity index (χ1) is 7.85. The quantitative estimate of drug-likeness (QED) is 0.888. The van der Waals surface area contributed by atoms with Gasteiger partial charge in [-0.05, 0) is 19.9 Å². The zero-order chi connectivity index (χ0) is 13.1. The van der Waals surface area contributed by atoms with Gasteiger partial charge >= 0.3 is 6.18 Å². The molecule has 1 aromatic rings. The van der Waals surface area contributed by atoms with Gasteiger partial charge in [-0.25, -0.2) is 4.98 Å². The molecule has 2 N–H and O–H groups in total. The van der Waals surface area contributed by atoms with Crippen LogP contribution < -0.4 is 10.6 Å². The number of nitrogens with zero attached hydrogens (tertiary/aromatic N) is 2. The Hall–Kier alpha value is -1.30. The van der Waals surface area contributed by atoms with Crippen molar-refractivity contribution in [3.05, 3.63) is 23.9 Å². The minimum Gasteiger partial charge on any atom is -0.348 e. The summed E-state index contributed by atoms with van der Waals surface area (Å²) in [6, 6.07) is 3.02. The van der Waals surface area contributed by atoms with Crippen molar-refractivity contribution in [1.82, 2.24) is 4.98 Å². The first-order valence-electron chi connectivity index (χ1n) is 5.37. The molecule has 0 aliphatic heterocycles. The van der Waals surface area contributed by atoms with Crippen LogP contribution in [0.4, 0.5) is 19.0 Å². The summed E-state index contributed by atoms with van der Waals surface area (Å²) in [5.74, 6) is 0.308. The van der Waals surface area contributed by atoms with Gasteiger partial charge in [-0.1, -0.05) is 6.07 Å². The fourth-order valence-corrected chi connectivity index (χ4v) is 1.58. The zero-order valence-electron chi connectivity index (χ0n) is 9.83. The Morgan fingerprint density at radius 1 is 1.47 bits per heavy atom. The van der Waals surface area contributed by atoms with Gasteiger partial charge in [-0.3, -0.25) is 0 Å². The van der Waals surface area contributed by atoms with Crippen molar-refractivity contribution < 1.29 is 13.2 Å². The van der Waals surface area contributed by atoms with E-state index in [0.717, 1.165) is 0 Å². The van der Waals surface area contributed by atoms with Crippen LogP contribution in [0.25, 0.3) is 0 Å². The highest BCUT2D eigenvalue weighted by atomic mass is 19.4. The second kappa shape index (κ2) is 5.35. The molecule has 0 aliphatic carbocycles. The minimum absolute atomic E-state index is 0.232. The van der Waals surface area contributed by atoms with Crippen LogP contribution in [-0.4, -0.2) is 24.2 Å². The summed E-state index contributed by atoms with van der Waals surface area (Å²) in [6.07, 6.45) is -2.77. The molecular weight excluding hydrogens is 231 g/mol. The number of hydrogen-bond acceptors (Lipinski definition) is 3. The molecule has 0 spiro atoms.